The number of fused-ring (bicyclic) bond motifs is 3. The molecule has 1 heterocycles. The van der Waals surface area contributed by atoms with Gasteiger partial charge in [0, 0.05) is 11.8 Å². The van der Waals surface area contributed by atoms with Crippen molar-refractivity contribution in [2.24, 2.45) is 4.99 Å². The molecule has 0 unspecified atom stereocenters. The molecule has 1 aromatic heterocycles. The lowest BCUT2D eigenvalue weighted by atomic mass is 10.1. The molecule has 136 valence electrons. The first kappa shape index (κ1) is 18.3. The van der Waals surface area contributed by atoms with Crippen molar-refractivity contribution in [2.45, 2.75) is 39.7 Å². The van der Waals surface area contributed by atoms with Crippen LogP contribution >= 0.6 is 11.3 Å². The van der Waals surface area contributed by atoms with E-state index in [9.17, 15) is 9.59 Å². The average molecular weight is 370 g/mol. The standard InChI is InChI=1S/C20H22N2O3S/c1-3-5-10-17(23)21-20-22(13-18(24)25-4-2)16-12-11-14-8-6-7-9-15(14)19(16)26-20/h6-9,11-12H,3-5,10,13H2,1-2H3. The van der Waals surface area contributed by atoms with E-state index in [1.54, 1.807) is 11.5 Å². The van der Waals surface area contributed by atoms with Crippen LogP contribution in [0.25, 0.3) is 21.0 Å². The Hall–Kier alpha value is -2.47. The summed E-state index contributed by atoms with van der Waals surface area (Å²) in [6.45, 7) is 4.19. The number of amides is 1. The third kappa shape index (κ3) is 3.85. The minimum absolute atomic E-state index is 0.0477. The predicted octanol–water partition coefficient (Wildman–Crippen LogP) is 4.04. The molecule has 0 bridgehead atoms. The zero-order chi connectivity index (χ0) is 18.5. The van der Waals surface area contributed by atoms with Gasteiger partial charge in [-0.25, -0.2) is 0 Å². The van der Waals surface area contributed by atoms with Gasteiger partial charge in [-0.3, -0.25) is 9.59 Å². The second-order valence-electron chi connectivity index (χ2n) is 6.02. The maximum Gasteiger partial charge on any atom is 0.326 e. The van der Waals surface area contributed by atoms with Gasteiger partial charge in [0.25, 0.3) is 0 Å². The van der Waals surface area contributed by atoms with Crippen LogP contribution in [0, 0.1) is 0 Å². The first-order valence-corrected chi connectivity index (χ1v) is 9.70. The van der Waals surface area contributed by atoms with E-state index in [0.29, 0.717) is 17.8 Å². The molecule has 0 spiro atoms. The molecule has 0 aliphatic heterocycles. The summed E-state index contributed by atoms with van der Waals surface area (Å²) in [4.78, 5) is 29.1. The molecule has 0 radical (unpaired) electrons. The fourth-order valence-electron chi connectivity index (χ4n) is 2.86. The van der Waals surface area contributed by atoms with Gasteiger partial charge in [-0.2, -0.15) is 4.99 Å². The molecule has 1 amide bonds. The highest BCUT2D eigenvalue weighted by Crippen LogP contribution is 2.27. The number of rotatable bonds is 6. The molecular formula is C20H22N2O3S. The van der Waals surface area contributed by atoms with E-state index in [0.717, 1.165) is 33.8 Å². The monoisotopic (exact) mass is 370 g/mol. The Bertz CT molecular complexity index is 1020. The number of benzene rings is 2. The SMILES string of the molecule is CCCCC(=O)N=c1sc2c3ccccc3ccc2n1CC(=O)OCC. The minimum atomic E-state index is -0.331. The third-order valence-corrected chi connectivity index (χ3v) is 5.26. The zero-order valence-electron chi connectivity index (χ0n) is 15.0. The predicted molar refractivity (Wildman–Crippen MR) is 104 cm³/mol. The maximum atomic E-state index is 12.2. The fourth-order valence-corrected chi connectivity index (χ4v) is 4.04. The number of carbonyl (C=O) groups excluding carboxylic acids is 2. The molecule has 0 aliphatic rings. The van der Waals surface area contributed by atoms with Crippen LogP contribution in [0.4, 0.5) is 0 Å². The van der Waals surface area contributed by atoms with Crippen molar-refractivity contribution < 1.29 is 14.3 Å². The summed E-state index contributed by atoms with van der Waals surface area (Å²) >= 11 is 1.44. The van der Waals surface area contributed by atoms with Crippen LogP contribution in [-0.4, -0.2) is 23.1 Å². The number of nitrogens with zero attached hydrogens (tertiary/aromatic N) is 2. The van der Waals surface area contributed by atoms with E-state index in [1.165, 1.54) is 11.3 Å². The van der Waals surface area contributed by atoms with Gasteiger partial charge in [-0.15, -0.1) is 0 Å². The van der Waals surface area contributed by atoms with Crippen LogP contribution in [0.2, 0.25) is 0 Å². The number of carbonyl (C=O) groups is 2. The molecule has 2 aromatic carbocycles. The molecule has 0 saturated carbocycles. The Labute approximate surface area is 155 Å². The molecule has 0 aliphatic carbocycles. The summed E-state index contributed by atoms with van der Waals surface area (Å²) in [6, 6.07) is 12.1. The molecule has 0 fully saturated rings. The first-order chi connectivity index (χ1) is 12.6. The van der Waals surface area contributed by atoms with Crippen LogP contribution in [0.5, 0.6) is 0 Å². The Morgan fingerprint density at radius 1 is 1.15 bits per heavy atom. The van der Waals surface area contributed by atoms with Crippen LogP contribution in [0.1, 0.15) is 33.1 Å². The summed E-state index contributed by atoms with van der Waals surface area (Å²) < 4.78 is 7.90. The Morgan fingerprint density at radius 3 is 2.73 bits per heavy atom. The summed E-state index contributed by atoms with van der Waals surface area (Å²) in [5.41, 5.74) is 0.892. The van der Waals surface area contributed by atoms with Gasteiger partial charge < -0.3 is 9.30 Å². The van der Waals surface area contributed by atoms with Crippen molar-refractivity contribution in [3.63, 3.8) is 0 Å². The van der Waals surface area contributed by atoms with Crippen LogP contribution in [0.3, 0.4) is 0 Å². The smallest absolute Gasteiger partial charge is 0.326 e. The van der Waals surface area contributed by atoms with Crippen LogP contribution < -0.4 is 4.80 Å². The number of hydrogen-bond donors (Lipinski definition) is 0. The molecule has 3 rings (SSSR count). The molecule has 26 heavy (non-hydrogen) atoms. The van der Waals surface area contributed by atoms with Crippen molar-refractivity contribution in [1.29, 1.82) is 0 Å². The fraction of sp³-hybridized carbons (Fsp3) is 0.350. The van der Waals surface area contributed by atoms with E-state index in [1.807, 2.05) is 43.3 Å². The average Bonchev–Trinajstić information content (AvgIpc) is 2.98. The van der Waals surface area contributed by atoms with E-state index >= 15 is 0 Å². The van der Waals surface area contributed by atoms with E-state index in [-0.39, 0.29) is 18.4 Å². The van der Waals surface area contributed by atoms with Gasteiger partial charge in [-0.05, 0) is 24.8 Å². The highest BCUT2D eigenvalue weighted by molar-refractivity contribution is 7.17. The Kier molecular flexibility index (Phi) is 5.83. The van der Waals surface area contributed by atoms with Gasteiger partial charge in [0.1, 0.15) is 6.54 Å². The number of esters is 1. The summed E-state index contributed by atoms with van der Waals surface area (Å²) in [5, 5.41) is 2.21. The number of aromatic nitrogens is 1. The zero-order valence-corrected chi connectivity index (χ0v) is 15.8. The van der Waals surface area contributed by atoms with Crippen LogP contribution in [-0.2, 0) is 20.9 Å². The number of unbranched alkanes of at least 4 members (excludes halogenated alkanes) is 1. The van der Waals surface area contributed by atoms with E-state index in [2.05, 4.69) is 4.99 Å². The molecule has 0 atom stereocenters. The molecule has 5 nitrogen and oxygen atoms in total. The maximum absolute atomic E-state index is 12.2. The highest BCUT2D eigenvalue weighted by atomic mass is 32.1. The summed E-state index contributed by atoms with van der Waals surface area (Å²) in [6.07, 6.45) is 2.18. The van der Waals surface area contributed by atoms with Crippen molar-refractivity contribution in [2.75, 3.05) is 6.61 Å². The largest absolute Gasteiger partial charge is 0.465 e. The molecule has 6 heteroatoms. The van der Waals surface area contributed by atoms with Crippen molar-refractivity contribution >= 4 is 44.2 Å². The second-order valence-corrected chi connectivity index (χ2v) is 7.00. The molecule has 0 N–H and O–H groups in total. The van der Waals surface area contributed by atoms with E-state index in [4.69, 9.17) is 4.74 Å². The lowest BCUT2D eigenvalue weighted by Crippen LogP contribution is -2.23. The Morgan fingerprint density at radius 2 is 1.96 bits per heavy atom. The first-order valence-electron chi connectivity index (χ1n) is 8.88. The number of hydrogen-bond acceptors (Lipinski definition) is 4. The third-order valence-electron chi connectivity index (χ3n) is 4.13. The second kappa shape index (κ2) is 8.27. The molecular weight excluding hydrogens is 348 g/mol. The number of thiazole rings is 1. The van der Waals surface area contributed by atoms with Crippen molar-refractivity contribution in [3.05, 3.63) is 41.2 Å². The van der Waals surface area contributed by atoms with Gasteiger partial charge >= 0.3 is 5.97 Å². The van der Waals surface area contributed by atoms with Gasteiger partial charge in [0.05, 0.1) is 16.8 Å². The van der Waals surface area contributed by atoms with E-state index < -0.39 is 0 Å². The lowest BCUT2D eigenvalue weighted by Gasteiger charge is -2.06. The lowest BCUT2D eigenvalue weighted by molar-refractivity contribution is -0.143. The molecule has 3 aromatic rings. The quantitative estimate of drug-likeness (QED) is 0.615. The Balaban J connectivity index is 2.17. The normalized spacial score (nSPS) is 12.0. The topological polar surface area (TPSA) is 60.7 Å². The number of ether oxygens (including phenoxy) is 1. The molecule has 0 saturated heterocycles. The van der Waals surface area contributed by atoms with Gasteiger partial charge in [0.2, 0.25) is 5.91 Å². The van der Waals surface area contributed by atoms with Gasteiger partial charge in [-0.1, -0.05) is 55.0 Å². The highest BCUT2D eigenvalue weighted by Gasteiger charge is 2.14. The van der Waals surface area contributed by atoms with Crippen LogP contribution in [0.15, 0.2) is 41.4 Å². The van der Waals surface area contributed by atoms with Crippen molar-refractivity contribution in [1.82, 2.24) is 4.57 Å². The van der Waals surface area contributed by atoms with Gasteiger partial charge in [0.15, 0.2) is 4.80 Å². The van der Waals surface area contributed by atoms with Crippen molar-refractivity contribution in [3.8, 4) is 0 Å². The summed E-state index contributed by atoms with van der Waals surface area (Å²) in [5.74, 6) is -0.483. The minimum Gasteiger partial charge on any atom is -0.465 e. The summed E-state index contributed by atoms with van der Waals surface area (Å²) in [7, 11) is 0.